The van der Waals surface area contributed by atoms with Crippen molar-refractivity contribution in [1.29, 1.82) is 0 Å². The summed E-state index contributed by atoms with van der Waals surface area (Å²) in [4.78, 5) is 44.4. The predicted molar refractivity (Wildman–Crippen MR) is 108 cm³/mol. The van der Waals surface area contributed by atoms with Gasteiger partial charge in [-0.3, -0.25) is 14.9 Å². The molecule has 0 aliphatic carbocycles. The van der Waals surface area contributed by atoms with E-state index >= 15 is 0 Å². The molecule has 10 nitrogen and oxygen atoms in total. The number of carbonyl (C=O) groups excluding carboxylic acids is 3. The van der Waals surface area contributed by atoms with Crippen LogP contribution < -0.4 is 10.6 Å². The molecule has 0 aliphatic heterocycles. The van der Waals surface area contributed by atoms with Crippen molar-refractivity contribution in [1.82, 2.24) is 24.9 Å². The molecule has 1 aromatic carbocycles. The molecule has 0 spiro atoms. The van der Waals surface area contributed by atoms with Crippen LogP contribution in [0.4, 0.5) is 10.5 Å². The van der Waals surface area contributed by atoms with E-state index in [1.165, 1.54) is 10.8 Å². The Hall–Kier alpha value is -3.82. The highest BCUT2D eigenvalue weighted by molar-refractivity contribution is 6.02. The van der Waals surface area contributed by atoms with Crippen LogP contribution in [0.1, 0.15) is 28.1 Å². The normalized spacial score (nSPS) is 10.7. The van der Waals surface area contributed by atoms with Crippen LogP contribution in [0.2, 0.25) is 0 Å². The van der Waals surface area contributed by atoms with Crippen molar-refractivity contribution in [2.45, 2.75) is 34.1 Å². The van der Waals surface area contributed by atoms with Crippen molar-refractivity contribution in [3.05, 3.63) is 52.6 Å². The molecule has 0 saturated heterocycles. The number of nitrogens with one attached hydrogen (secondary N) is 2. The van der Waals surface area contributed by atoms with Crippen molar-refractivity contribution < 1.29 is 19.1 Å². The van der Waals surface area contributed by atoms with Gasteiger partial charge in [-0.15, -0.1) is 0 Å². The number of nitrogens with zero attached hydrogens (tertiary/aromatic N) is 4. The monoisotopic (exact) mass is 410 g/mol. The van der Waals surface area contributed by atoms with Gasteiger partial charge in [0.1, 0.15) is 6.33 Å². The molecule has 0 saturated carbocycles. The van der Waals surface area contributed by atoms with Crippen molar-refractivity contribution in [3.63, 3.8) is 0 Å². The Morgan fingerprint density at radius 3 is 2.63 bits per heavy atom. The molecule has 0 bridgehead atoms. The summed E-state index contributed by atoms with van der Waals surface area (Å²) < 4.78 is 6.53. The highest BCUT2D eigenvalue weighted by atomic mass is 16.5. The molecule has 2 heterocycles. The first-order chi connectivity index (χ1) is 14.2. The fraction of sp³-hybridized carbons (Fsp3) is 0.300. The number of amides is 3. The van der Waals surface area contributed by atoms with E-state index in [-0.39, 0.29) is 6.42 Å². The minimum atomic E-state index is -0.732. The first-order valence-electron chi connectivity index (χ1n) is 9.24. The Morgan fingerprint density at radius 1 is 1.13 bits per heavy atom. The number of urea groups is 1. The molecule has 0 radical (unpaired) electrons. The van der Waals surface area contributed by atoms with E-state index in [1.54, 1.807) is 19.9 Å². The first-order valence-corrected chi connectivity index (χ1v) is 9.24. The lowest BCUT2D eigenvalue weighted by Gasteiger charge is -2.11. The topological polar surface area (TPSA) is 128 Å². The van der Waals surface area contributed by atoms with E-state index in [1.807, 2.05) is 26.0 Å². The minimum Gasteiger partial charge on any atom is -0.455 e. The van der Waals surface area contributed by atoms with E-state index < -0.39 is 24.5 Å². The van der Waals surface area contributed by atoms with Crippen molar-refractivity contribution in [2.24, 2.45) is 0 Å². The van der Waals surface area contributed by atoms with Gasteiger partial charge in [0, 0.05) is 22.6 Å². The molecule has 0 fully saturated rings. The summed E-state index contributed by atoms with van der Waals surface area (Å²) >= 11 is 0. The number of carbonyl (C=O) groups is 3. The molecule has 30 heavy (non-hydrogen) atoms. The van der Waals surface area contributed by atoms with Crippen LogP contribution in [-0.4, -0.2) is 44.1 Å². The van der Waals surface area contributed by atoms with Gasteiger partial charge >= 0.3 is 12.0 Å². The number of hydrogen-bond acceptors (Lipinski definition) is 7. The molecule has 2 N–H and O–H groups in total. The van der Waals surface area contributed by atoms with Crippen molar-refractivity contribution in [2.75, 3.05) is 11.9 Å². The fourth-order valence-corrected chi connectivity index (χ4v) is 3.02. The third-order valence-corrected chi connectivity index (χ3v) is 4.56. The number of anilines is 1. The van der Waals surface area contributed by atoms with Gasteiger partial charge in [-0.2, -0.15) is 10.1 Å². The fourth-order valence-electron chi connectivity index (χ4n) is 3.02. The van der Waals surface area contributed by atoms with Gasteiger partial charge in [0.15, 0.2) is 6.61 Å². The van der Waals surface area contributed by atoms with Crippen LogP contribution in [0.15, 0.2) is 24.5 Å². The molecule has 10 heteroatoms. The zero-order valence-electron chi connectivity index (χ0n) is 17.1. The van der Waals surface area contributed by atoms with E-state index in [4.69, 9.17) is 4.74 Å². The number of esters is 1. The van der Waals surface area contributed by atoms with E-state index in [9.17, 15) is 14.4 Å². The molecular weight excluding hydrogens is 388 g/mol. The summed E-state index contributed by atoms with van der Waals surface area (Å²) in [5, 5.41) is 8.78. The number of rotatable bonds is 5. The minimum absolute atomic E-state index is 0.0808. The number of aryl methyl sites for hydroxylation is 4. The van der Waals surface area contributed by atoms with Gasteiger partial charge in [0.2, 0.25) is 0 Å². The summed E-state index contributed by atoms with van der Waals surface area (Å²) in [7, 11) is 0. The average Bonchev–Trinajstić information content (AvgIpc) is 3.14. The maximum absolute atomic E-state index is 12.2. The van der Waals surface area contributed by atoms with Gasteiger partial charge in [0.05, 0.1) is 6.42 Å². The van der Waals surface area contributed by atoms with E-state index in [0.717, 1.165) is 11.1 Å². The largest absolute Gasteiger partial charge is 0.455 e. The standard InChI is InChI=1S/C20H22N6O4/c1-11-5-6-16(12(2)7-11)24-20(29)25-17(27)9-30-18(28)8-15-13(3)23-19-21-10-22-26(19)14(15)4/h5-7,10H,8-9H2,1-4H3,(H2,24,25,27,29). The lowest BCUT2D eigenvalue weighted by atomic mass is 10.1. The van der Waals surface area contributed by atoms with Gasteiger partial charge < -0.3 is 10.1 Å². The molecule has 3 amide bonds. The number of ether oxygens (including phenoxy) is 1. The molecule has 3 aromatic rings. The second-order valence-electron chi connectivity index (χ2n) is 6.89. The van der Waals surface area contributed by atoms with Gasteiger partial charge in [-0.1, -0.05) is 17.7 Å². The van der Waals surface area contributed by atoms with E-state index in [0.29, 0.717) is 28.4 Å². The summed E-state index contributed by atoms with van der Waals surface area (Å²) in [5.74, 6) is -0.910. The van der Waals surface area contributed by atoms with Gasteiger partial charge in [-0.25, -0.2) is 14.3 Å². The number of aromatic nitrogens is 4. The number of hydrogen-bond donors (Lipinski definition) is 2. The Labute approximate surface area is 172 Å². The second-order valence-corrected chi connectivity index (χ2v) is 6.89. The SMILES string of the molecule is Cc1ccc(NC(=O)NC(=O)COC(=O)Cc2c(C)nc3ncnn3c2C)c(C)c1. The molecule has 0 aliphatic rings. The van der Waals surface area contributed by atoms with Crippen molar-refractivity contribution in [3.8, 4) is 0 Å². The smallest absolute Gasteiger partial charge is 0.325 e. The Bertz CT molecular complexity index is 1140. The quantitative estimate of drug-likeness (QED) is 0.614. The summed E-state index contributed by atoms with van der Waals surface area (Å²) in [5.41, 5.74) is 4.50. The highest BCUT2D eigenvalue weighted by Gasteiger charge is 2.17. The van der Waals surface area contributed by atoms with Gasteiger partial charge in [0.25, 0.3) is 11.7 Å². The maximum atomic E-state index is 12.2. The second kappa shape index (κ2) is 8.68. The summed E-state index contributed by atoms with van der Waals surface area (Å²) in [6.45, 7) is 6.77. The highest BCUT2D eigenvalue weighted by Crippen LogP contribution is 2.16. The van der Waals surface area contributed by atoms with E-state index in [2.05, 4.69) is 25.7 Å². The maximum Gasteiger partial charge on any atom is 0.325 e. The van der Waals surface area contributed by atoms with Crippen LogP contribution in [0.3, 0.4) is 0 Å². The lowest BCUT2D eigenvalue weighted by molar-refractivity contribution is -0.147. The average molecular weight is 410 g/mol. The molecule has 3 rings (SSSR count). The zero-order chi connectivity index (χ0) is 21.8. The molecule has 0 atom stereocenters. The first kappa shape index (κ1) is 20.9. The molecule has 156 valence electrons. The summed E-state index contributed by atoms with van der Waals surface area (Å²) in [6.07, 6.45) is 1.30. The number of fused-ring (bicyclic) bond motifs is 1. The van der Waals surface area contributed by atoms with Crippen LogP contribution in [-0.2, 0) is 20.7 Å². The Kier molecular flexibility index (Phi) is 6.05. The third-order valence-electron chi connectivity index (χ3n) is 4.56. The predicted octanol–water partition coefficient (Wildman–Crippen LogP) is 1.79. The zero-order valence-corrected chi connectivity index (χ0v) is 17.1. The lowest BCUT2D eigenvalue weighted by Crippen LogP contribution is -2.37. The van der Waals surface area contributed by atoms with Gasteiger partial charge in [-0.05, 0) is 39.3 Å². The Balaban J connectivity index is 1.52. The van der Waals surface area contributed by atoms with Crippen LogP contribution in [0.5, 0.6) is 0 Å². The van der Waals surface area contributed by atoms with Crippen LogP contribution in [0, 0.1) is 27.7 Å². The third kappa shape index (κ3) is 4.77. The molecule has 0 unspecified atom stereocenters. The van der Waals surface area contributed by atoms with Crippen LogP contribution >= 0.6 is 0 Å². The Morgan fingerprint density at radius 2 is 1.90 bits per heavy atom. The molecule has 2 aromatic heterocycles. The van der Waals surface area contributed by atoms with Crippen molar-refractivity contribution >= 4 is 29.4 Å². The molecular formula is C20H22N6O4. The number of benzene rings is 1. The number of imide groups is 1. The van der Waals surface area contributed by atoms with Crippen LogP contribution in [0.25, 0.3) is 5.78 Å². The summed E-state index contributed by atoms with van der Waals surface area (Å²) in [6, 6.07) is 4.81.